The SMILES string of the molecule is Cc1nccn1-c1cc(NC(=O)c2ccc3nc[nH]c3c2)ncn1. The molecule has 0 atom stereocenters. The Balaban J connectivity index is 1.60. The Hall–Kier alpha value is -3.55. The molecule has 0 saturated carbocycles. The number of benzene rings is 1. The summed E-state index contributed by atoms with van der Waals surface area (Å²) in [5, 5.41) is 2.78. The van der Waals surface area contributed by atoms with Gasteiger partial charge in [0.15, 0.2) is 0 Å². The predicted octanol–water partition coefficient (Wildman–Crippen LogP) is 2.10. The van der Waals surface area contributed by atoms with E-state index in [1.165, 1.54) is 6.33 Å². The van der Waals surface area contributed by atoms with Gasteiger partial charge < -0.3 is 10.3 Å². The highest BCUT2D eigenvalue weighted by Crippen LogP contribution is 2.15. The fourth-order valence-electron chi connectivity index (χ4n) is 2.43. The van der Waals surface area contributed by atoms with Crippen molar-refractivity contribution in [1.82, 2.24) is 29.5 Å². The number of aryl methyl sites for hydroxylation is 1. The monoisotopic (exact) mass is 319 g/mol. The van der Waals surface area contributed by atoms with Crippen LogP contribution < -0.4 is 5.32 Å². The first-order valence-corrected chi connectivity index (χ1v) is 7.27. The van der Waals surface area contributed by atoms with E-state index in [9.17, 15) is 4.79 Å². The highest BCUT2D eigenvalue weighted by atomic mass is 16.1. The largest absolute Gasteiger partial charge is 0.345 e. The maximum Gasteiger partial charge on any atom is 0.256 e. The first-order chi connectivity index (χ1) is 11.7. The number of anilines is 1. The van der Waals surface area contributed by atoms with Gasteiger partial charge in [0.1, 0.15) is 23.8 Å². The lowest BCUT2D eigenvalue weighted by Crippen LogP contribution is -2.13. The van der Waals surface area contributed by atoms with E-state index in [4.69, 9.17) is 0 Å². The van der Waals surface area contributed by atoms with Crippen LogP contribution in [0.25, 0.3) is 16.9 Å². The van der Waals surface area contributed by atoms with Crippen molar-refractivity contribution in [2.45, 2.75) is 6.92 Å². The summed E-state index contributed by atoms with van der Waals surface area (Å²) in [4.78, 5) is 32.0. The van der Waals surface area contributed by atoms with Gasteiger partial charge >= 0.3 is 0 Å². The summed E-state index contributed by atoms with van der Waals surface area (Å²) in [5.41, 5.74) is 2.14. The van der Waals surface area contributed by atoms with Crippen molar-refractivity contribution in [3.05, 3.63) is 60.7 Å². The van der Waals surface area contributed by atoms with Crippen LogP contribution in [0.5, 0.6) is 0 Å². The molecule has 0 fully saturated rings. The van der Waals surface area contributed by atoms with Crippen molar-refractivity contribution in [3.63, 3.8) is 0 Å². The number of hydrogen-bond donors (Lipinski definition) is 2. The molecule has 0 aliphatic rings. The molecule has 3 aromatic heterocycles. The molecule has 0 radical (unpaired) electrons. The molecule has 0 aliphatic carbocycles. The molecule has 0 saturated heterocycles. The second-order valence-electron chi connectivity index (χ2n) is 5.19. The van der Waals surface area contributed by atoms with E-state index >= 15 is 0 Å². The van der Waals surface area contributed by atoms with Crippen molar-refractivity contribution >= 4 is 22.8 Å². The average Bonchev–Trinajstić information content (AvgIpc) is 3.22. The molecule has 4 aromatic rings. The van der Waals surface area contributed by atoms with Gasteiger partial charge in [-0.05, 0) is 25.1 Å². The van der Waals surface area contributed by atoms with Gasteiger partial charge in [-0.25, -0.2) is 19.9 Å². The maximum atomic E-state index is 12.4. The molecule has 0 unspecified atom stereocenters. The van der Waals surface area contributed by atoms with Crippen LogP contribution in [0.15, 0.2) is 49.3 Å². The Morgan fingerprint density at radius 2 is 2.08 bits per heavy atom. The van der Waals surface area contributed by atoms with E-state index in [0.717, 1.165) is 16.9 Å². The van der Waals surface area contributed by atoms with Gasteiger partial charge in [0, 0.05) is 24.0 Å². The third-order valence-corrected chi connectivity index (χ3v) is 3.65. The van der Waals surface area contributed by atoms with Crippen molar-refractivity contribution in [3.8, 4) is 5.82 Å². The average molecular weight is 319 g/mol. The van der Waals surface area contributed by atoms with Crippen LogP contribution in [-0.2, 0) is 0 Å². The number of imidazole rings is 2. The Kier molecular flexibility index (Phi) is 3.27. The number of aromatic nitrogens is 6. The third-order valence-electron chi connectivity index (χ3n) is 3.65. The summed E-state index contributed by atoms with van der Waals surface area (Å²) in [5.74, 6) is 1.61. The molecule has 2 N–H and O–H groups in total. The number of amides is 1. The van der Waals surface area contributed by atoms with Gasteiger partial charge in [-0.15, -0.1) is 0 Å². The van der Waals surface area contributed by atoms with E-state index in [1.807, 2.05) is 11.5 Å². The Morgan fingerprint density at radius 1 is 1.17 bits per heavy atom. The van der Waals surface area contributed by atoms with Gasteiger partial charge in [0.2, 0.25) is 0 Å². The smallest absolute Gasteiger partial charge is 0.256 e. The summed E-state index contributed by atoms with van der Waals surface area (Å²) >= 11 is 0. The topological polar surface area (TPSA) is 101 Å². The molecule has 1 aromatic carbocycles. The molecule has 118 valence electrons. The number of nitrogens with zero attached hydrogens (tertiary/aromatic N) is 5. The van der Waals surface area contributed by atoms with E-state index in [2.05, 4.69) is 30.2 Å². The molecule has 3 heterocycles. The summed E-state index contributed by atoms with van der Waals surface area (Å²) in [7, 11) is 0. The summed E-state index contributed by atoms with van der Waals surface area (Å²) < 4.78 is 1.81. The van der Waals surface area contributed by atoms with Gasteiger partial charge in [0.05, 0.1) is 17.4 Å². The molecule has 0 bridgehead atoms. The number of carbonyl (C=O) groups excluding carboxylic acids is 1. The second kappa shape index (κ2) is 5.58. The first-order valence-electron chi connectivity index (χ1n) is 7.27. The Bertz CT molecular complexity index is 1030. The third kappa shape index (κ3) is 2.50. The Labute approximate surface area is 136 Å². The maximum absolute atomic E-state index is 12.4. The van der Waals surface area contributed by atoms with Crippen LogP contribution in [0.1, 0.15) is 16.2 Å². The molecule has 8 nitrogen and oxygen atoms in total. The Morgan fingerprint density at radius 3 is 2.92 bits per heavy atom. The molecule has 24 heavy (non-hydrogen) atoms. The summed E-state index contributed by atoms with van der Waals surface area (Å²) in [6.07, 6.45) is 6.49. The molecule has 0 spiro atoms. The minimum atomic E-state index is -0.251. The fraction of sp³-hybridized carbons (Fsp3) is 0.0625. The van der Waals surface area contributed by atoms with Crippen molar-refractivity contribution in [2.24, 2.45) is 0 Å². The lowest BCUT2D eigenvalue weighted by molar-refractivity contribution is 0.102. The number of hydrogen-bond acceptors (Lipinski definition) is 5. The normalized spacial score (nSPS) is 10.9. The number of fused-ring (bicyclic) bond motifs is 1. The molecular weight excluding hydrogens is 306 g/mol. The van der Waals surface area contributed by atoms with Crippen molar-refractivity contribution in [1.29, 1.82) is 0 Å². The molecule has 4 rings (SSSR count). The van der Waals surface area contributed by atoms with Gasteiger partial charge in [0.25, 0.3) is 5.91 Å². The van der Waals surface area contributed by atoms with E-state index in [1.54, 1.807) is 43.0 Å². The van der Waals surface area contributed by atoms with Gasteiger partial charge in [-0.3, -0.25) is 9.36 Å². The lowest BCUT2D eigenvalue weighted by Gasteiger charge is -2.07. The molecule has 8 heteroatoms. The van der Waals surface area contributed by atoms with Crippen molar-refractivity contribution in [2.75, 3.05) is 5.32 Å². The van der Waals surface area contributed by atoms with Gasteiger partial charge in [-0.2, -0.15) is 0 Å². The van der Waals surface area contributed by atoms with E-state index < -0.39 is 0 Å². The van der Waals surface area contributed by atoms with Crippen LogP contribution in [-0.4, -0.2) is 35.4 Å². The zero-order valence-electron chi connectivity index (χ0n) is 12.8. The quantitative estimate of drug-likeness (QED) is 0.602. The number of rotatable bonds is 3. The predicted molar refractivity (Wildman–Crippen MR) is 87.9 cm³/mol. The van der Waals surface area contributed by atoms with Crippen LogP contribution in [0.2, 0.25) is 0 Å². The summed E-state index contributed by atoms with van der Waals surface area (Å²) in [6.45, 7) is 1.87. The van der Waals surface area contributed by atoms with Gasteiger partial charge in [-0.1, -0.05) is 0 Å². The minimum Gasteiger partial charge on any atom is -0.345 e. The second-order valence-corrected chi connectivity index (χ2v) is 5.19. The summed E-state index contributed by atoms with van der Waals surface area (Å²) in [6, 6.07) is 6.96. The van der Waals surface area contributed by atoms with Crippen LogP contribution in [0, 0.1) is 6.92 Å². The first kappa shape index (κ1) is 14.1. The van der Waals surface area contributed by atoms with Crippen LogP contribution in [0.4, 0.5) is 5.82 Å². The zero-order valence-corrected chi connectivity index (χ0v) is 12.8. The number of aromatic amines is 1. The van der Waals surface area contributed by atoms with Crippen LogP contribution >= 0.6 is 0 Å². The molecular formula is C16H13N7O. The number of nitrogens with one attached hydrogen (secondary N) is 2. The fourth-order valence-corrected chi connectivity index (χ4v) is 2.43. The van der Waals surface area contributed by atoms with E-state index in [0.29, 0.717) is 17.2 Å². The number of carbonyl (C=O) groups is 1. The van der Waals surface area contributed by atoms with Crippen LogP contribution in [0.3, 0.4) is 0 Å². The minimum absolute atomic E-state index is 0.251. The zero-order chi connectivity index (χ0) is 16.5. The van der Waals surface area contributed by atoms with Crippen molar-refractivity contribution < 1.29 is 4.79 Å². The van der Waals surface area contributed by atoms with E-state index in [-0.39, 0.29) is 5.91 Å². The number of H-pyrrole nitrogens is 1. The molecule has 0 aliphatic heterocycles. The standard InChI is InChI=1S/C16H13N7O/c1-10-17-4-5-23(10)15-7-14(20-9-21-15)22-16(24)11-2-3-12-13(6-11)19-8-18-12/h2-9H,1H3,(H,18,19)(H,20,21,22,24). The highest BCUT2D eigenvalue weighted by molar-refractivity contribution is 6.05. The lowest BCUT2D eigenvalue weighted by atomic mass is 10.2. The molecule has 1 amide bonds. The highest BCUT2D eigenvalue weighted by Gasteiger charge is 2.10.